The number of aromatic amines is 1. The molecule has 1 atom stereocenters. The molecular formula is C20H23N5OS. The number of nitrogens with one attached hydrogen (secondary N) is 1. The molecule has 1 amide bonds. The maximum atomic E-state index is 12.9. The van der Waals surface area contributed by atoms with Gasteiger partial charge in [-0.05, 0) is 30.4 Å². The van der Waals surface area contributed by atoms with Crippen LogP contribution in [0.1, 0.15) is 40.0 Å². The molecule has 7 heteroatoms. The SMILES string of the molecule is Cc1nc(C2CN(C(=O)c3ccsc3)CCCN2Cc2ccccc2)n[nH]1. The standard InChI is InChI=1S/C20H23N5OS/c1-15-21-19(23-22-15)18-13-25(20(26)17-8-11-27-14-17)10-5-9-24(18)12-16-6-3-2-4-7-16/h2-4,6-8,11,14,18H,5,9-10,12-13H2,1H3,(H,21,22,23). The summed E-state index contributed by atoms with van der Waals surface area (Å²) in [5.41, 5.74) is 2.02. The van der Waals surface area contributed by atoms with Crippen LogP contribution < -0.4 is 0 Å². The van der Waals surface area contributed by atoms with Crippen molar-refractivity contribution in [3.8, 4) is 0 Å². The summed E-state index contributed by atoms with van der Waals surface area (Å²) in [5.74, 6) is 1.65. The van der Waals surface area contributed by atoms with E-state index in [0.29, 0.717) is 6.54 Å². The van der Waals surface area contributed by atoms with Crippen LogP contribution in [0.5, 0.6) is 0 Å². The van der Waals surface area contributed by atoms with E-state index in [0.717, 1.165) is 43.3 Å². The van der Waals surface area contributed by atoms with Gasteiger partial charge in [-0.3, -0.25) is 14.8 Å². The lowest BCUT2D eigenvalue weighted by Crippen LogP contribution is -2.38. The summed E-state index contributed by atoms with van der Waals surface area (Å²) in [7, 11) is 0. The van der Waals surface area contributed by atoms with Crippen LogP contribution in [0.3, 0.4) is 0 Å². The molecule has 1 fully saturated rings. The van der Waals surface area contributed by atoms with E-state index in [1.54, 1.807) is 11.3 Å². The van der Waals surface area contributed by atoms with Crippen molar-refractivity contribution in [1.82, 2.24) is 25.0 Å². The van der Waals surface area contributed by atoms with Gasteiger partial charge in [0.05, 0.1) is 11.6 Å². The van der Waals surface area contributed by atoms with Gasteiger partial charge in [0, 0.05) is 31.6 Å². The van der Waals surface area contributed by atoms with Gasteiger partial charge in [0.2, 0.25) is 0 Å². The molecule has 27 heavy (non-hydrogen) atoms. The fraction of sp³-hybridized carbons (Fsp3) is 0.350. The van der Waals surface area contributed by atoms with Crippen LogP contribution in [0.4, 0.5) is 0 Å². The zero-order valence-electron chi connectivity index (χ0n) is 15.3. The molecule has 1 aliphatic rings. The number of rotatable bonds is 4. The first-order chi connectivity index (χ1) is 13.2. The summed E-state index contributed by atoms with van der Waals surface area (Å²) in [6, 6.07) is 12.3. The summed E-state index contributed by atoms with van der Waals surface area (Å²) in [5, 5.41) is 11.2. The molecule has 0 aliphatic carbocycles. The van der Waals surface area contributed by atoms with Crippen molar-refractivity contribution < 1.29 is 4.79 Å². The Morgan fingerprint density at radius 2 is 2.11 bits per heavy atom. The van der Waals surface area contributed by atoms with Crippen LogP contribution in [-0.2, 0) is 6.54 Å². The Kier molecular flexibility index (Phi) is 5.31. The minimum absolute atomic E-state index is 0.0276. The predicted molar refractivity (Wildman–Crippen MR) is 106 cm³/mol. The zero-order chi connectivity index (χ0) is 18.6. The van der Waals surface area contributed by atoms with Crippen LogP contribution in [0, 0.1) is 6.92 Å². The molecule has 3 aromatic rings. The van der Waals surface area contributed by atoms with Crippen LogP contribution in [0.25, 0.3) is 0 Å². The number of aryl methyl sites for hydroxylation is 1. The van der Waals surface area contributed by atoms with E-state index in [-0.39, 0.29) is 11.9 Å². The number of benzene rings is 1. The zero-order valence-corrected chi connectivity index (χ0v) is 16.2. The molecule has 1 aliphatic heterocycles. The molecule has 1 unspecified atom stereocenters. The lowest BCUT2D eigenvalue weighted by atomic mass is 10.1. The van der Waals surface area contributed by atoms with E-state index >= 15 is 0 Å². The largest absolute Gasteiger partial charge is 0.337 e. The third-order valence-corrected chi connectivity index (χ3v) is 5.59. The number of aromatic nitrogens is 3. The van der Waals surface area contributed by atoms with Crippen molar-refractivity contribution >= 4 is 17.2 Å². The summed E-state index contributed by atoms with van der Waals surface area (Å²) in [6.45, 7) is 4.97. The lowest BCUT2D eigenvalue weighted by Gasteiger charge is -2.29. The van der Waals surface area contributed by atoms with Crippen molar-refractivity contribution in [2.45, 2.75) is 25.9 Å². The Bertz CT molecular complexity index is 877. The molecule has 140 valence electrons. The number of hydrogen-bond acceptors (Lipinski definition) is 5. The highest BCUT2D eigenvalue weighted by atomic mass is 32.1. The fourth-order valence-electron chi connectivity index (χ4n) is 3.55. The van der Waals surface area contributed by atoms with Crippen LogP contribution >= 0.6 is 11.3 Å². The van der Waals surface area contributed by atoms with Crippen molar-refractivity contribution in [3.05, 3.63) is 69.9 Å². The van der Waals surface area contributed by atoms with Gasteiger partial charge in [-0.1, -0.05) is 30.3 Å². The molecule has 1 saturated heterocycles. The second-order valence-corrected chi connectivity index (χ2v) is 7.65. The maximum Gasteiger partial charge on any atom is 0.254 e. The van der Waals surface area contributed by atoms with Crippen molar-refractivity contribution in [2.24, 2.45) is 0 Å². The maximum absolute atomic E-state index is 12.9. The van der Waals surface area contributed by atoms with Gasteiger partial charge in [0.15, 0.2) is 5.82 Å². The van der Waals surface area contributed by atoms with Gasteiger partial charge < -0.3 is 4.90 Å². The Morgan fingerprint density at radius 3 is 2.81 bits per heavy atom. The van der Waals surface area contributed by atoms with E-state index in [2.05, 4.69) is 44.3 Å². The highest BCUT2D eigenvalue weighted by Crippen LogP contribution is 2.26. The highest BCUT2D eigenvalue weighted by Gasteiger charge is 2.31. The molecule has 0 spiro atoms. The smallest absolute Gasteiger partial charge is 0.254 e. The van der Waals surface area contributed by atoms with E-state index in [9.17, 15) is 4.79 Å². The molecule has 0 radical (unpaired) electrons. The van der Waals surface area contributed by atoms with Gasteiger partial charge in [0.1, 0.15) is 5.82 Å². The Morgan fingerprint density at radius 1 is 1.26 bits per heavy atom. The van der Waals surface area contributed by atoms with Gasteiger partial charge in [0.25, 0.3) is 5.91 Å². The fourth-order valence-corrected chi connectivity index (χ4v) is 4.18. The molecule has 6 nitrogen and oxygen atoms in total. The second kappa shape index (κ2) is 8.02. The van der Waals surface area contributed by atoms with Crippen LogP contribution in [0.2, 0.25) is 0 Å². The minimum atomic E-state index is -0.0276. The van der Waals surface area contributed by atoms with Crippen molar-refractivity contribution in [3.63, 3.8) is 0 Å². The molecule has 3 heterocycles. The first-order valence-electron chi connectivity index (χ1n) is 9.19. The van der Waals surface area contributed by atoms with Gasteiger partial charge in [-0.2, -0.15) is 16.4 Å². The first kappa shape index (κ1) is 17.9. The normalized spacial score (nSPS) is 18.4. The number of hydrogen-bond donors (Lipinski definition) is 1. The number of thiophene rings is 1. The summed E-state index contributed by atoms with van der Waals surface area (Å²) in [6.07, 6.45) is 0.933. The topological polar surface area (TPSA) is 65.1 Å². The molecule has 0 bridgehead atoms. The third-order valence-electron chi connectivity index (χ3n) is 4.90. The first-order valence-corrected chi connectivity index (χ1v) is 10.1. The summed E-state index contributed by atoms with van der Waals surface area (Å²) >= 11 is 1.55. The summed E-state index contributed by atoms with van der Waals surface area (Å²) in [4.78, 5) is 21.8. The average Bonchev–Trinajstić information content (AvgIpc) is 3.32. The molecule has 0 saturated carbocycles. The number of H-pyrrole nitrogens is 1. The molecule has 2 aromatic heterocycles. The van der Waals surface area contributed by atoms with Crippen LogP contribution in [-0.4, -0.2) is 50.5 Å². The molecule has 4 rings (SSSR count). The van der Waals surface area contributed by atoms with Crippen molar-refractivity contribution in [2.75, 3.05) is 19.6 Å². The highest BCUT2D eigenvalue weighted by molar-refractivity contribution is 7.08. The predicted octanol–water partition coefficient (Wildman–Crippen LogP) is 3.26. The van der Waals surface area contributed by atoms with Gasteiger partial charge in [-0.25, -0.2) is 4.98 Å². The van der Waals surface area contributed by atoms with Crippen LogP contribution in [0.15, 0.2) is 47.2 Å². The van der Waals surface area contributed by atoms with Crippen molar-refractivity contribution in [1.29, 1.82) is 0 Å². The minimum Gasteiger partial charge on any atom is -0.337 e. The molecule has 1 aromatic carbocycles. The Labute approximate surface area is 162 Å². The number of carbonyl (C=O) groups excluding carboxylic acids is 1. The van der Waals surface area contributed by atoms with E-state index in [4.69, 9.17) is 0 Å². The van der Waals surface area contributed by atoms with E-state index in [1.807, 2.05) is 34.7 Å². The third kappa shape index (κ3) is 4.09. The Hall–Kier alpha value is -2.51. The number of carbonyl (C=O) groups is 1. The Balaban J connectivity index is 1.60. The quantitative estimate of drug-likeness (QED) is 0.753. The molecule has 1 N–H and O–H groups in total. The van der Waals surface area contributed by atoms with E-state index < -0.39 is 0 Å². The average molecular weight is 382 g/mol. The number of nitrogens with zero attached hydrogens (tertiary/aromatic N) is 4. The lowest BCUT2D eigenvalue weighted by molar-refractivity contribution is 0.0727. The van der Waals surface area contributed by atoms with E-state index in [1.165, 1.54) is 5.56 Å². The van der Waals surface area contributed by atoms with Gasteiger partial charge >= 0.3 is 0 Å². The number of amides is 1. The molecular weight excluding hydrogens is 358 g/mol. The monoisotopic (exact) mass is 381 g/mol. The summed E-state index contributed by atoms with van der Waals surface area (Å²) < 4.78 is 0. The second-order valence-electron chi connectivity index (χ2n) is 6.87. The van der Waals surface area contributed by atoms with Gasteiger partial charge in [-0.15, -0.1) is 0 Å².